The predicted molar refractivity (Wildman–Crippen MR) is 128 cm³/mol. The molecule has 6 nitrogen and oxygen atoms in total. The number of amides is 1. The molecule has 0 aliphatic carbocycles. The second kappa shape index (κ2) is 9.87. The first-order valence-corrected chi connectivity index (χ1v) is 12.1. The van der Waals surface area contributed by atoms with Gasteiger partial charge in [-0.3, -0.25) is 9.69 Å². The minimum absolute atomic E-state index is 0.120. The predicted octanol–water partition coefficient (Wildman–Crippen LogP) is 5.82. The molecule has 8 heteroatoms. The lowest BCUT2D eigenvalue weighted by atomic mass is 10.0. The summed E-state index contributed by atoms with van der Waals surface area (Å²) in [4.78, 5) is 19.5. The highest BCUT2D eigenvalue weighted by Gasteiger charge is 2.35. The van der Waals surface area contributed by atoms with Crippen LogP contribution in [0.3, 0.4) is 0 Å². The molecule has 0 fully saturated rings. The van der Waals surface area contributed by atoms with Crippen LogP contribution < -0.4 is 9.64 Å². The molecule has 1 atom stereocenters. The smallest absolute Gasteiger partial charge is 0.247 e. The van der Waals surface area contributed by atoms with Gasteiger partial charge in [-0.1, -0.05) is 57.7 Å². The summed E-state index contributed by atoms with van der Waals surface area (Å²) in [6, 6.07) is 11.9. The highest BCUT2D eigenvalue weighted by Crippen LogP contribution is 2.44. The first kappa shape index (κ1) is 23.2. The molecule has 172 valence electrons. The molecule has 1 aliphatic heterocycles. The van der Waals surface area contributed by atoms with Gasteiger partial charge >= 0.3 is 0 Å². The average molecular weight is 467 g/mol. The van der Waals surface area contributed by atoms with Crippen molar-refractivity contribution in [2.45, 2.75) is 51.9 Å². The van der Waals surface area contributed by atoms with E-state index in [0.717, 1.165) is 23.3 Å². The van der Waals surface area contributed by atoms with Gasteiger partial charge in [0, 0.05) is 23.3 Å². The molecule has 0 unspecified atom stereocenters. The van der Waals surface area contributed by atoms with Gasteiger partial charge in [-0.25, -0.2) is 4.39 Å². The van der Waals surface area contributed by atoms with Crippen molar-refractivity contribution in [2.75, 3.05) is 10.7 Å². The van der Waals surface area contributed by atoms with Crippen molar-refractivity contribution in [3.05, 3.63) is 59.4 Å². The van der Waals surface area contributed by atoms with Crippen LogP contribution in [0.5, 0.6) is 5.88 Å². The van der Waals surface area contributed by atoms with E-state index in [2.05, 4.69) is 36.0 Å². The van der Waals surface area contributed by atoms with Crippen molar-refractivity contribution in [1.82, 2.24) is 15.2 Å². The van der Waals surface area contributed by atoms with E-state index >= 15 is 0 Å². The maximum Gasteiger partial charge on any atom is 0.247 e. The number of rotatable bonds is 6. The number of carbonyl (C=O) groups excluding carboxylic acids is 1. The average Bonchev–Trinajstić information content (AvgIpc) is 2.96. The van der Waals surface area contributed by atoms with E-state index in [0.29, 0.717) is 33.9 Å². The number of ether oxygens (including phenoxy) is 1. The Bertz CT molecular complexity index is 1150. The first-order chi connectivity index (χ1) is 15.9. The second-order valence-corrected chi connectivity index (χ2v) is 9.28. The molecule has 0 bridgehead atoms. The lowest BCUT2D eigenvalue weighted by molar-refractivity contribution is -0.120. The van der Waals surface area contributed by atoms with Crippen LogP contribution in [0.25, 0.3) is 11.3 Å². The molecule has 2 aromatic carbocycles. The van der Waals surface area contributed by atoms with Crippen LogP contribution in [0.1, 0.15) is 51.5 Å². The summed E-state index contributed by atoms with van der Waals surface area (Å²) in [5, 5.41) is 9.33. The molecule has 0 saturated carbocycles. The zero-order chi connectivity index (χ0) is 23.5. The third-order valence-corrected chi connectivity index (χ3v) is 6.61. The van der Waals surface area contributed by atoms with Crippen molar-refractivity contribution < 1.29 is 13.9 Å². The molecule has 0 N–H and O–H groups in total. The normalized spacial score (nSPS) is 15.0. The summed E-state index contributed by atoms with van der Waals surface area (Å²) in [5.41, 5.74) is 3.66. The van der Waals surface area contributed by atoms with Crippen molar-refractivity contribution >= 4 is 23.4 Å². The number of halogens is 1. The van der Waals surface area contributed by atoms with Crippen molar-refractivity contribution in [3.63, 3.8) is 0 Å². The van der Waals surface area contributed by atoms with Gasteiger partial charge in [0.15, 0.2) is 5.69 Å². The fraction of sp³-hybridized carbons (Fsp3) is 0.360. The third-order valence-electron chi connectivity index (χ3n) is 5.35. The Kier molecular flexibility index (Phi) is 6.93. The van der Waals surface area contributed by atoms with Crippen LogP contribution in [-0.2, 0) is 11.2 Å². The SMILES string of the molecule is CCC(=O)N1c2ccc(CC)cc2-c2nnc(SCC(C)C)nc2O[C@H]1c1ccc(F)cc1. The summed E-state index contributed by atoms with van der Waals surface area (Å²) >= 11 is 1.51. The number of aromatic nitrogens is 3. The van der Waals surface area contributed by atoms with Crippen molar-refractivity contribution in [2.24, 2.45) is 5.92 Å². The molecule has 1 aliphatic rings. The molecule has 2 heterocycles. The van der Waals surface area contributed by atoms with Crippen LogP contribution in [-0.4, -0.2) is 26.8 Å². The number of fused-ring (bicyclic) bond motifs is 3. The summed E-state index contributed by atoms with van der Waals surface area (Å²) in [6.07, 6.45) is 0.293. The van der Waals surface area contributed by atoms with Crippen LogP contribution in [0.4, 0.5) is 10.1 Å². The molecule has 4 rings (SSSR count). The Morgan fingerprint density at radius 1 is 1.15 bits per heavy atom. The van der Waals surface area contributed by atoms with Crippen LogP contribution in [0.2, 0.25) is 0 Å². The largest absolute Gasteiger partial charge is 0.447 e. The zero-order valence-corrected chi connectivity index (χ0v) is 20.0. The van der Waals surface area contributed by atoms with Gasteiger partial charge < -0.3 is 4.74 Å². The maximum atomic E-state index is 13.7. The molecule has 0 spiro atoms. The highest BCUT2D eigenvalue weighted by molar-refractivity contribution is 7.99. The Morgan fingerprint density at radius 2 is 1.91 bits per heavy atom. The van der Waals surface area contributed by atoms with Gasteiger partial charge in [-0.05, 0) is 42.2 Å². The fourth-order valence-corrected chi connectivity index (χ4v) is 4.35. The Hall–Kier alpha value is -3.00. The second-order valence-electron chi connectivity index (χ2n) is 8.30. The van der Waals surface area contributed by atoms with E-state index < -0.39 is 6.23 Å². The summed E-state index contributed by atoms with van der Waals surface area (Å²) in [7, 11) is 0. The maximum absolute atomic E-state index is 13.7. The molecule has 0 radical (unpaired) electrons. The zero-order valence-electron chi connectivity index (χ0n) is 19.2. The monoisotopic (exact) mass is 466 g/mol. The Balaban J connectivity index is 1.91. The van der Waals surface area contributed by atoms with Crippen molar-refractivity contribution in [3.8, 4) is 17.1 Å². The standard InChI is InChI=1S/C25H27FN4O2S/c1-5-16-7-12-20-19(13-16)22-23(27-25(29-28-22)33-14-15(3)4)32-24(30(20)21(31)6-2)17-8-10-18(26)11-9-17/h7-13,15,24H,5-6,14H2,1-4H3/t24-/m0/s1. The Labute approximate surface area is 197 Å². The molecule has 1 amide bonds. The summed E-state index contributed by atoms with van der Waals surface area (Å²) in [5.74, 6) is 1.15. The summed E-state index contributed by atoms with van der Waals surface area (Å²) < 4.78 is 20.0. The molecule has 3 aromatic rings. The van der Waals surface area contributed by atoms with E-state index in [1.807, 2.05) is 18.2 Å². The van der Waals surface area contributed by atoms with Crippen LogP contribution in [0.15, 0.2) is 47.6 Å². The lowest BCUT2D eigenvalue weighted by Gasteiger charge is -2.30. The number of hydrogen-bond donors (Lipinski definition) is 0. The lowest BCUT2D eigenvalue weighted by Crippen LogP contribution is -2.37. The number of benzene rings is 2. The number of thioether (sulfide) groups is 1. The van der Waals surface area contributed by atoms with E-state index in [-0.39, 0.29) is 18.1 Å². The van der Waals surface area contributed by atoms with Crippen LogP contribution in [0, 0.1) is 11.7 Å². The summed E-state index contributed by atoms with van der Waals surface area (Å²) in [6.45, 7) is 8.13. The first-order valence-electron chi connectivity index (χ1n) is 11.2. The minimum atomic E-state index is -0.815. The molecular weight excluding hydrogens is 439 g/mol. The molecule has 1 aromatic heterocycles. The van der Waals surface area contributed by atoms with Crippen molar-refractivity contribution in [1.29, 1.82) is 0 Å². The van der Waals surface area contributed by atoms with E-state index in [9.17, 15) is 9.18 Å². The number of nitrogens with zero attached hydrogens (tertiary/aromatic N) is 4. The number of aryl methyl sites for hydroxylation is 1. The molecule has 0 saturated heterocycles. The van der Waals surface area contributed by atoms with Gasteiger partial charge in [0.25, 0.3) is 0 Å². The molecule has 33 heavy (non-hydrogen) atoms. The van der Waals surface area contributed by atoms with E-state index in [1.54, 1.807) is 24.0 Å². The third kappa shape index (κ3) is 4.85. The van der Waals surface area contributed by atoms with Gasteiger partial charge in [0.2, 0.25) is 23.2 Å². The van der Waals surface area contributed by atoms with Gasteiger partial charge in [0.05, 0.1) is 5.69 Å². The topological polar surface area (TPSA) is 68.2 Å². The van der Waals surface area contributed by atoms with Crippen LogP contribution >= 0.6 is 11.8 Å². The molecular formula is C25H27FN4O2S. The minimum Gasteiger partial charge on any atom is -0.447 e. The van der Waals surface area contributed by atoms with Gasteiger partial charge in [0.1, 0.15) is 5.82 Å². The number of anilines is 1. The van der Waals surface area contributed by atoms with Gasteiger partial charge in [-0.15, -0.1) is 10.2 Å². The Morgan fingerprint density at radius 3 is 2.58 bits per heavy atom. The van der Waals surface area contributed by atoms with Gasteiger partial charge in [-0.2, -0.15) is 4.98 Å². The highest BCUT2D eigenvalue weighted by atomic mass is 32.2. The number of carbonyl (C=O) groups is 1. The number of hydrogen-bond acceptors (Lipinski definition) is 6. The fourth-order valence-electron chi connectivity index (χ4n) is 3.62. The van der Waals surface area contributed by atoms with E-state index in [4.69, 9.17) is 4.74 Å². The van der Waals surface area contributed by atoms with E-state index in [1.165, 1.54) is 23.9 Å². The quantitative estimate of drug-likeness (QED) is 0.426.